The second-order valence-electron chi connectivity index (χ2n) is 6.68. The lowest BCUT2D eigenvalue weighted by Crippen LogP contribution is -2.41. The molecule has 1 heterocycles. The molecule has 0 amide bonds. The summed E-state index contributed by atoms with van der Waals surface area (Å²) in [5.74, 6) is 1.74. The van der Waals surface area contributed by atoms with Gasteiger partial charge in [0, 0.05) is 38.5 Å². The van der Waals surface area contributed by atoms with Crippen LogP contribution < -0.4 is 10.6 Å². The van der Waals surface area contributed by atoms with Crippen LogP contribution in [0.15, 0.2) is 29.5 Å². The largest absolute Gasteiger partial charge is 0.377 e. The predicted molar refractivity (Wildman–Crippen MR) is 96.9 cm³/mol. The zero-order valence-electron chi connectivity index (χ0n) is 15.4. The number of nitrogens with zero attached hydrogens (tertiary/aromatic N) is 2. The molecule has 1 atom stereocenters. The van der Waals surface area contributed by atoms with Gasteiger partial charge in [0.1, 0.15) is 0 Å². The fourth-order valence-corrected chi connectivity index (χ4v) is 2.22. The lowest BCUT2D eigenvalue weighted by molar-refractivity contribution is 0.0310. The molecule has 0 fully saturated rings. The van der Waals surface area contributed by atoms with Crippen molar-refractivity contribution < 1.29 is 4.74 Å². The lowest BCUT2D eigenvalue weighted by Gasteiger charge is -2.24. The summed E-state index contributed by atoms with van der Waals surface area (Å²) in [4.78, 5) is 8.88. The molecule has 0 bridgehead atoms. The standard InChI is InChI=1S/C18H32N4O/c1-7-20-17(22-13-18(4,5)23-6)21-12-16(14(2)3)15-9-8-10-19-11-15/h8-11,14,16H,7,12-13H2,1-6H3,(H2,20,21,22). The van der Waals surface area contributed by atoms with E-state index >= 15 is 0 Å². The molecular weight excluding hydrogens is 288 g/mol. The van der Waals surface area contributed by atoms with E-state index in [0.717, 1.165) is 19.0 Å². The summed E-state index contributed by atoms with van der Waals surface area (Å²) in [5.41, 5.74) is 0.992. The first kappa shape index (κ1) is 19.4. The Bertz CT molecular complexity index is 471. The molecule has 1 aromatic heterocycles. The molecule has 130 valence electrons. The molecule has 0 aliphatic carbocycles. The van der Waals surface area contributed by atoms with E-state index in [1.54, 1.807) is 7.11 Å². The molecule has 1 rings (SSSR count). The van der Waals surface area contributed by atoms with Crippen molar-refractivity contribution in [1.29, 1.82) is 0 Å². The van der Waals surface area contributed by atoms with E-state index in [1.165, 1.54) is 5.56 Å². The van der Waals surface area contributed by atoms with Crippen LogP contribution in [0.25, 0.3) is 0 Å². The zero-order valence-corrected chi connectivity index (χ0v) is 15.4. The Labute approximate surface area is 141 Å². The summed E-state index contributed by atoms with van der Waals surface area (Å²) in [6.07, 6.45) is 3.76. The van der Waals surface area contributed by atoms with Gasteiger partial charge >= 0.3 is 0 Å². The summed E-state index contributed by atoms with van der Waals surface area (Å²) in [5, 5.41) is 6.75. The van der Waals surface area contributed by atoms with E-state index in [-0.39, 0.29) is 5.60 Å². The van der Waals surface area contributed by atoms with Crippen molar-refractivity contribution in [3.8, 4) is 0 Å². The number of methoxy groups -OCH3 is 1. The Morgan fingerprint density at radius 3 is 2.61 bits per heavy atom. The van der Waals surface area contributed by atoms with Gasteiger partial charge in [-0.15, -0.1) is 0 Å². The Balaban J connectivity index is 2.73. The molecule has 0 saturated heterocycles. The van der Waals surface area contributed by atoms with Crippen molar-refractivity contribution in [2.24, 2.45) is 10.9 Å². The summed E-state index contributed by atoms with van der Waals surface area (Å²) < 4.78 is 5.43. The summed E-state index contributed by atoms with van der Waals surface area (Å²) in [6, 6.07) is 4.13. The van der Waals surface area contributed by atoms with Crippen molar-refractivity contribution in [1.82, 2.24) is 15.6 Å². The monoisotopic (exact) mass is 320 g/mol. The number of hydrogen-bond donors (Lipinski definition) is 2. The molecule has 0 radical (unpaired) electrons. The van der Waals surface area contributed by atoms with E-state index in [1.807, 2.05) is 32.3 Å². The van der Waals surface area contributed by atoms with Crippen LogP contribution in [0.5, 0.6) is 0 Å². The number of nitrogens with one attached hydrogen (secondary N) is 2. The van der Waals surface area contributed by atoms with Crippen LogP contribution in [-0.2, 0) is 4.74 Å². The Morgan fingerprint density at radius 1 is 1.35 bits per heavy atom. The third kappa shape index (κ3) is 6.99. The topological polar surface area (TPSA) is 58.5 Å². The third-order valence-electron chi connectivity index (χ3n) is 3.92. The van der Waals surface area contributed by atoms with Gasteiger partial charge < -0.3 is 15.4 Å². The van der Waals surface area contributed by atoms with Gasteiger partial charge in [-0.3, -0.25) is 9.98 Å². The quantitative estimate of drug-likeness (QED) is 0.571. The zero-order chi connectivity index (χ0) is 17.3. The van der Waals surface area contributed by atoms with Crippen LogP contribution in [0, 0.1) is 5.92 Å². The molecule has 0 aliphatic rings. The fraction of sp³-hybridized carbons (Fsp3) is 0.667. The van der Waals surface area contributed by atoms with Crippen molar-refractivity contribution in [2.45, 2.75) is 46.1 Å². The highest BCUT2D eigenvalue weighted by Gasteiger charge is 2.18. The summed E-state index contributed by atoms with van der Waals surface area (Å²) >= 11 is 0. The number of guanidine groups is 1. The maximum atomic E-state index is 5.43. The van der Waals surface area contributed by atoms with Crippen molar-refractivity contribution >= 4 is 5.96 Å². The van der Waals surface area contributed by atoms with Crippen molar-refractivity contribution in [3.63, 3.8) is 0 Å². The van der Waals surface area contributed by atoms with Crippen LogP contribution in [-0.4, -0.2) is 43.3 Å². The van der Waals surface area contributed by atoms with Gasteiger partial charge in [-0.25, -0.2) is 0 Å². The minimum absolute atomic E-state index is 0.261. The van der Waals surface area contributed by atoms with E-state index in [9.17, 15) is 0 Å². The summed E-state index contributed by atoms with van der Waals surface area (Å²) in [6.45, 7) is 12.9. The lowest BCUT2D eigenvalue weighted by atomic mass is 9.89. The van der Waals surface area contributed by atoms with E-state index in [0.29, 0.717) is 18.4 Å². The molecule has 1 aromatic rings. The second-order valence-corrected chi connectivity index (χ2v) is 6.68. The molecule has 0 aromatic carbocycles. The number of aliphatic imine (C=N–C) groups is 1. The maximum Gasteiger partial charge on any atom is 0.191 e. The normalized spacial score (nSPS) is 14.0. The Hall–Kier alpha value is -1.62. The van der Waals surface area contributed by atoms with Crippen LogP contribution in [0.3, 0.4) is 0 Å². The maximum absolute atomic E-state index is 5.43. The van der Waals surface area contributed by atoms with Crippen LogP contribution in [0.1, 0.15) is 46.1 Å². The fourth-order valence-electron chi connectivity index (χ4n) is 2.22. The first-order chi connectivity index (χ1) is 10.9. The van der Waals surface area contributed by atoms with Gasteiger partial charge in [0.25, 0.3) is 0 Å². The van der Waals surface area contributed by atoms with Gasteiger partial charge in [-0.2, -0.15) is 0 Å². The van der Waals surface area contributed by atoms with E-state index in [4.69, 9.17) is 4.74 Å². The predicted octanol–water partition coefficient (Wildman–Crippen LogP) is 2.80. The molecule has 1 unspecified atom stereocenters. The number of hydrogen-bond acceptors (Lipinski definition) is 3. The van der Waals surface area contributed by atoms with Crippen molar-refractivity contribution in [3.05, 3.63) is 30.1 Å². The SMILES string of the molecule is CCNC(=NCC(C)(C)OC)NCC(c1cccnc1)C(C)C. The molecule has 0 spiro atoms. The first-order valence-electron chi connectivity index (χ1n) is 8.37. The van der Waals surface area contributed by atoms with Crippen molar-refractivity contribution in [2.75, 3.05) is 26.7 Å². The van der Waals surface area contributed by atoms with Crippen LogP contribution >= 0.6 is 0 Å². The Kier molecular flexibility index (Phi) is 8.03. The van der Waals surface area contributed by atoms with Gasteiger partial charge in [0.15, 0.2) is 5.96 Å². The number of ether oxygens (including phenoxy) is 1. The van der Waals surface area contributed by atoms with E-state index in [2.05, 4.69) is 47.4 Å². The number of aromatic nitrogens is 1. The molecule has 23 heavy (non-hydrogen) atoms. The number of pyridine rings is 1. The second kappa shape index (κ2) is 9.50. The molecule has 5 nitrogen and oxygen atoms in total. The summed E-state index contributed by atoms with van der Waals surface area (Å²) in [7, 11) is 1.72. The average Bonchev–Trinajstić information content (AvgIpc) is 2.53. The highest BCUT2D eigenvalue weighted by atomic mass is 16.5. The van der Waals surface area contributed by atoms with E-state index < -0.39 is 0 Å². The molecule has 0 saturated carbocycles. The minimum Gasteiger partial charge on any atom is -0.377 e. The van der Waals surface area contributed by atoms with Gasteiger partial charge in [-0.1, -0.05) is 19.9 Å². The van der Waals surface area contributed by atoms with Gasteiger partial charge in [0.2, 0.25) is 0 Å². The average molecular weight is 320 g/mol. The number of rotatable bonds is 8. The Morgan fingerprint density at radius 2 is 2.09 bits per heavy atom. The molecule has 5 heteroatoms. The molecule has 2 N–H and O–H groups in total. The highest BCUT2D eigenvalue weighted by Crippen LogP contribution is 2.22. The minimum atomic E-state index is -0.261. The first-order valence-corrected chi connectivity index (χ1v) is 8.37. The van der Waals surface area contributed by atoms with Crippen LogP contribution in [0.2, 0.25) is 0 Å². The van der Waals surface area contributed by atoms with Crippen LogP contribution in [0.4, 0.5) is 0 Å². The van der Waals surface area contributed by atoms with Gasteiger partial charge in [0.05, 0.1) is 12.1 Å². The smallest absolute Gasteiger partial charge is 0.191 e. The highest BCUT2D eigenvalue weighted by molar-refractivity contribution is 5.79. The molecule has 0 aliphatic heterocycles. The molecular formula is C18H32N4O. The van der Waals surface area contributed by atoms with Gasteiger partial charge in [-0.05, 0) is 38.3 Å². The third-order valence-corrected chi connectivity index (χ3v) is 3.92.